The van der Waals surface area contributed by atoms with Crippen molar-refractivity contribution in [1.29, 1.82) is 0 Å². The molecule has 4 nitrogen and oxygen atoms in total. The van der Waals surface area contributed by atoms with Crippen LogP contribution in [-0.2, 0) is 5.41 Å². The van der Waals surface area contributed by atoms with Crippen LogP contribution in [0.4, 0.5) is 0 Å². The molecule has 10 rings (SSSR count). The number of nitrogens with zero attached hydrogens (tertiary/aromatic N) is 4. The topological polar surface area (TPSA) is 43.6 Å². The molecule has 57 heavy (non-hydrogen) atoms. The van der Waals surface area contributed by atoms with Crippen molar-refractivity contribution in [3.05, 3.63) is 199 Å². The Morgan fingerprint density at radius 1 is 0.561 bits per heavy atom. The highest BCUT2D eigenvalue weighted by Crippen LogP contribution is 2.51. The third kappa shape index (κ3) is 5.64. The van der Waals surface area contributed by atoms with Gasteiger partial charge in [0.05, 0.1) is 11.0 Å². The van der Waals surface area contributed by atoms with Gasteiger partial charge in [0, 0.05) is 38.6 Å². The molecule has 0 unspecified atom stereocenters. The summed E-state index contributed by atoms with van der Waals surface area (Å²) < 4.78 is 2.44. The first-order valence-electron chi connectivity index (χ1n) is 19.5. The first-order valence-corrected chi connectivity index (χ1v) is 19.5. The molecule has 0 spiro atoms. The fraction of sp³-hybridized carbons (Fsp3) is 0.0755. The van der Waals surface area contributed by atoms with E-state index in [2.05, 4.69) is 146 Å². The number of rotatable bonds is 7. The Balaban J connectivity index is 1.29. The second-order valence-electron chi connectivity index (χ2n) is 15.3. The molecular weight excluding hydrogens is 693 g/mol. The van der Waals surface area contributed by atoms with E-state index in [4.69, 9.17) is 15.0 Å². The summed E-state index contributed by atoms with van der Waals surface area (Å²) in [6.07, 6.45) is 7.74. The van der Waals surface area contributed by atoms with Gasteiger partial charge in [-0.15, -0.1) is 0 Å². The minimum atomic E-state index is -0.143. The van der Waals surface area contributed by atoms with Gasteiger partial charge in [0.2, 0.25) is 0 Å². The largest absolute Gasteiger partial charge is 0.309 e. The Morgan fingerprint density at radius 3 is 2.07 bits per heavy atom. The predicted molar refractivity (Wildman–Crippen MR) is 239 cm³/mol. The minimum Gasteiger partial charge on any atom is -0.309 e. The zero-order chi connectivity index (χ0) is 38.7. The number of allylic oxidation sites excluding steroid dienone is 5. The lowest BCUT2D eigenvalue weighted by Crippen LogP contribution is -2.15. The molecule has 0 saturated heterocycles. The second-order valence-corrected chi connectivity index (χ2v) is 15.3. The third-order valence-corrected chi connectivity index (χ3v) is 11.5. The highest BCUT2D eigenvalue weighted by molar-refractivity contribution is 6.12. The molecule has 0 saturated carbocycles. The lowest BCUT2D eigenvalue weighted by Gasteiger charge is -2.22. The van der Waals surface area contributed by atoms with Gasteiger partial charge in [-0.1, -0.05) is 160 Å². The number of hydrogen-bond donors (Lipinski definition) is 0. The zero-order valence-electron chi connectivity index (χ0n) is 32.2. The van der Waals surface area contributed by atoms with Crippen LogP contribution in [0.1, 0.15) is 37.7 Å². The number of fused-ring (bicyclic) bond motifs is 7. The zero-order valence-corrected chi connectivity index (χ0v) is 32.2. The molecule has 272 valence electrons. The summed E-state index contributed by atoms with van der Waals surface area (Å²) in [5, 5.41) is 4.83. The molecule has 0 radical (unpaired) electrons. The third-order valence-electron chi connectivity index (χ3n) is 11.5. The fourth-order valence-corrected chi connectivity index (χ4v) is 8.80. The van der Waals surface area contributed by atoms with Crippen molar-refractivity contribution in [2.45, 2.75) is 26.2 Å². The molecule has 0 N–H and O–H groups in total. The SMILES string of the molecule is C=C/C=C(\C=C/C)c1nc(-c2ccccc2)nc(-c2cc(-c3cccc4ccccc34)cc(-n3c4ccccc4c4cc5c(cc43)C(C)(C)c3ccccc3-5)c2)n1. The molecule has 1 aliphatic rings. The number of para-hydroxylation sites is 1. The summed E-state index contributed by atoms with van der Waals surface area (Å²) in [5.74, 6) is 1.80. The Bertz CT molecular complexity index is 3120. The van der Waals surface area contributed by atoms with Gasteiger partial charge in [0.1, 0.15) is 0 Å². The maximum Gasteiger partial charge on any atom is 0.164 e. The van der Waals surface area contributed by atoms with Gasteiger partial charge in [-0.25, -0.2) is 15.0 Å². The van der Waals surface area contributed by atoms with Crippen LogP contribution < -0.4 is 0 Å². The average Bonchev–Trinajstić information content (AvgIpc) is 3.70. The molecule has 0 atom stereocenters. The van der Waals surface area contributed by atoms with Gasteiger partial charge in [0.25, 0.3) is 0 Å². The Labute approximate surface area is 332 Å². The van der Waals surface area contributed by atoms with Gasteiger partial charge in [-0.05, 0) is 87.5 Å². The molecule has 1 aliphatic carbocycles. The molecule has 2 heterocycles. The summed E-state index contributed by atoms with van der Waals surface area (Å²) >= 11 is 0. The van der Waals surface area contributed by atoms with Crippen molar-refractivity contribution in [1.82, 2.24) is 19.5 Å². The van der Waals surface area contributed by atoms with E-state index in [0.717, 1.165) is 39.0 Å². The lowest BCUT2D eigenvalue weighted by molar-refractivity contribution is 0.661. The summed E-state index contributed by atoms with van der Waals surface area (Å²) in [6.45, 7) is 10.7. The maximum atomic E-state index is 5.20. The number of aromatic nitrogens is 4. The van der Waals surface area contributed by atoms with Crippen molar-refractivity contribution in [3.63, 3.8) is 0 Å². The average molecular weight is 733 g/mol. The molecule has 0 aliphatic heterocycles. The normalized spacial score (nSPS) is 13.4. The first-order chi connectivity index (χ1) is 27.9. The molecule has 0 fully saturated rings. The summed E-state index contributed by atoms with van der Waals surface area (Å²) in [6, 6.07) is 54.6. The van der Waals surface area contributed by atoms with Gasteiger partial charge in [0.15, 0.2) is 17.5 Å². The lowest BCUT2D eigenvalue weighted by atomic mass is 9.82. The van der Waals surface area contributed by atoms with Crippen LogP contribution in [0, 0.1) is 0 Å². The highest BCUT2D eigenvalue weighted by atomic mass is 15.0. The van der Waals surface area contributed by atoms with E-state index < -0.39 is 0 Å². The second kappa shape index (κ2) is 13.5. The first kappa shape index (κ1) is 34.3. The molecule has 0 bridgehead atoms. The van der Waals surface area contributed by atoms with Crippen molar-refractivity contribution in [2.75, 3.05) is 0 Å². The van der Waals surface area contributed by atoms with E-state index in [-0.39, 0.29) is 5.41 Å². The Morgan fingerprint density at radius 2 is 1.25 bits per heavy atom. The number of hydrogen-bond acceptors (Lipinski definition) is 3. The van der Waals surface area contributed by atoms with Crippen LogP contribution in [0.25, 0.3) is 88.9 Å². The predicted octanol–water partition coefficient (Wildman–Crippen LogP) is 13.6. The van der Waals surface area contributed by atoms with Crippen LogP contribution in [0.5, 0.6) is 0 Å². The van der Waals surface area contributed by atoms with Crippen LogP contribution in [-0.4, -0.2) is 19.5 Å². The quantitative estimate of drug-likeness (QED) is 0.153. The maximum absolute atomic E-state index is 5.20. The van der Waals surface area contributed by atoms with Crippen molar-refractivity contribution < 1.29 is 0 Å². The van der Waals surface area contributed by atoms with E-state index in [1.54, 1.807) is 6.08 Å². The van der Waals surface area contributed by atoms with Crippen molar-refractivity contribution in [2.24, 2.45) is 0 Å². The van der Waals surface area contributed by atoms with Gasteiger partial charge < -0.3 is 4.57 Å². The van der Waals surface area contributed by atoms with Crippen LogP contribution in [0.3, 0.4) is 0 Å². The highest BCUT2D eigenvalue weighted by Gasteiger charge is 2.36. The Kier molecular flexibility index (Phi) is 8.15. The van der Waals surface area contributed by atoms with Gasteiger partial charge in [-0.3, -0.25) is 0 Å². The summed E-state index contributed by atoms with van der Waals surface area (Å²) in [4.78, 5) is 15.4. The monoisotopic (exact) mass is 732 g/mol. The smallest absolute Gasteiger partial charge is 0.164 e. The molecule has 0 amide bonds. The summed E-state index contributed by atoms with van der Waals surface area (Å²) in [7, 11) is 0. The van der Waals surface area contributed by atoms with E-state index >= 15 is 0 Å². The van der Waals surface area contributed by atoms with Crippen LogP contribution >= 0.6 is 0 Å². The molecule has 9 aromatic rings. The van der Waals surface area contributed by atoms with Crippen molar-refractivity contribution in [3.8, 4) is 50.7 Å². The van der Waals surface area contributed by atoms with E-state index in [0.29, 0.717) is 17.5 Å². The Hall–Kier alpha value is -7.17. The van der Waals surface area contributed by atoms with Gasteiger partial charge >= 0.3 is 0 Å². The molecule has 7 aromatic carbocycles. The summed E-state index contributed by atoms with van der Waals surface area (Å²) in [5.41, 5.74) is 13.5. The molecular formula is C53H40N4. The van der Waals surface area contributed by atoms with Crippen LogP contribution in [0.2, 0.25) is 0 Å². The molecule has 4 heteroatoms. The van der Waals surface area contributed by atoms with E-state index in [1.165, 1.54) is 49.3 Å². The van der Waals surface area contributed by atoms with Crippen molar-refractivity contribution >= 4 is 38.2 Å². The number of benzene rings is 7. The van der Waals surface area contributed by atoms with Gasteiger partial charge in [-0.2, -0.15) is 0 Å². The fourth-order valence-electron chi connectivity index (χ4n) is 8.80. The minimum absolute atomic E-state index is 0.143. The molecule has 2 aromatic heterocycles. The van der Waals surface area contributed by atoms with E-state index in [9.17, 15) is 0 Å². The van der Waals surface area contributed by atoms with Crippen LogP contribution in [0.15, 0.2) is 183 Å². The standard InChI is InChI=1S/C53H40N4/c1-5-17-35(18-6-2)50-54-51(36-20-8-7-9-21-36)56-52(55-50)38-29-37(41-26-16-22-34-19-10-11-23-40(34)41)30-39(31-38)57-48-28-15-13-25-43(48)45-32-44-42-24-12-14-27-46(42)53(3,4)47(44)33-49(45)57/h5-33H,1H2,2-4H3/b18-6-,35-17+. The van der Waals surface area contributed by atoms with E-state index in [1.807, 2.05) is 55.5 Å².